The molecule has 15 nitrogen and oxygen atoms in total. The molecule has 3 saturated heterocycles. The number of carbonyl (C=O) groups is 3. The fourth-order valence-electron chi connectivity index (χ4n) is 12.3. The number of aromatic nitrogens is 3. The summed E-state index contributed by atoms with van der Waals surface area (Å²) in [5, 5.41) is 0. The molecule has 0 saturated carbocycles. The minimum atomic E-state index is -0.943. The number of likely N-dealkylation sites (tertiary alicyclic amines) is 3. The van der Waals surface area contributed by atoms with Crippen LogP contribution >= 0.6 is 0 Å². The van der Waals surface area contributed by atoms with Crippen molar-refractivity contribution in [1.82, 2.24) is 28.4 Å². The van der Waals surface area contributed by atoms with Gasteiger partial charge in [-0.1, -0.05) is 40.0 Å². The van der Waals surface area contributed by atoms with Crippen LogP contribution in [0, 0.1) is 0 Å². The third-order valence-electron chi connectivity index (χ3n) is 14.9. The molecule has 4 heterocycles. The Hall–Kier alpha value is -3.30. The van der Waals surface area contributed by atoms with Gasteiger partial charge in [0.15, 0.2) is 0 Å². The van der Waals surface area contributed by atoms with E-state index >= 15 is 0 Å². The van der Waals surface area contributed by atoms with E-state index in [1.54, 1.807) is 0 Å². The van der Waals surface area contributed by atoms with Crippen molar-refractivity contribution in [2.75, 3.05) is 19.6 Å². The second-order valence-electron chi connectivity index (χ2n) is 23.5. The zero-order chi connectivity index (χ0) is 49.6. The van der Waals surface area contributed by atoms with Crippen molar-refractivity contribution in [3.8, 4) is 0 Å². The second kappa shape index (κ2) is 22.0. The lowest BCUT2D eigenvalue weighted by Gasteiger charge is -2.55. The second-order valence-corrected chi connectivity index (χ2v) is 23.5. The van der Waals surface area contributed by atoms with Crippen LogP contribution in [-0.2, 0) is 48.2 Å². The first-order valence-electron chi connectivity index (χ1n) is 25.4. The number of carbonyl (C=O) groups excluding carboxylic acids is 3. The van der Waals surface area contributed by atoms with Gasteiger partial charge in [0.2, 0.25) is 0 Å². The van der Waals surface area contributed by atoms with E-state index in [0.717, 1.165) is 71.9 Å². The van der Waals surface area contributed by atoms with Crippen LogP contribution in [0.2, 0.25) is 0 Å². The highest BCUT2D eigenvalue weighted by Gasteiger charge is 2.48. The molecule has 0 aromatic carbocycles. The molecule has 15 heteroatoms. The van der Waals surface area contributed by atoms with Crippen molar-refractivity contribution in [1.29, 1.82) is 0 Å². The smallest absolute Gasteiger partial charge is 0.336 e. The van der Waals surface area contributed by atoms with Crippen LogP contribution in [0.5, 0.6) is 0 Å². The normalized spacial score (nSPS) is 22.2. The Morgan fingerprint density at radius 3 is 0.773 bits per heavy atom. The van der Waals surface area contributed by atoms with E-state index in [0.29, 0.717) is 38.5 Å². The van der Waals surface area contributed by atoms with Gasteiger partial charge in [0.05, 0.1) is 19.3 Å². The van der Waals surface area contributed by atoms with E-state index in [1.165, 1.54) is 0 Å². The van der Waals surface area contributed by atoms with E-state index < -0.39 is 35.0 Å². The van der Waals surface area contributed by atoms with Gasteiger partial charge in [-0.05, 0) is 122 Å². The average molecular weight is 931 g/mol. The van der Waals surface area contributed by atoms with E-state index in [9.17, 15) is 28.8 Å². The predicted octanol–water partition coefficient (Wildman–Crippen LogP) is 7.44. The summed E-state index contributed by atoms with van der Waals surface area (Å²) in [5.41, 5.74) is -4.16. The molecular weight excluding hydrogens is 841 g/mol. The van der Waals surface area contributed by atoms with Crippen molar-refractivity contribution in [2.45, 2.75) is 271 Å². The summed E-state index contributed by atoms with van der Waals surface area (Å²) >= 11 is 0. The van der Waals surface area contributed by atoms with Gasteiger partial charge in [-0.3, -0.25) is 29.1 Å². The van der Waals surface area contributed by atoms with Crippen molar-refractivity contribution < 1.29 is 28.6 Å². The average Bonchev–Trinajstić information content (AvgIpc) is 3.15. The molecule has 0 bridgehead atoms. The Morgan fingerprint density at radius 2 is 0.591 bits per heavy atom. The maximum absolute atomic E-state index is 14.1. The van der Waals surface area contributed by atoms with Crippen LogP contribution in [-0.4, -0.2) is 117 Å². The first-order chi connectivity index (χ1) is 30.5. The van der Waals surface area contributed by atoms with Gasteiger partial charge in [-0.2, -0.15) is 0 Å². The number of unbranched alkanes of at least 4 members (excludes halogenated alkanes) is 3. The Balaban J connectivity index is 1.54. The molecule has 1 aromatic rings. The molecule has 1 aromatic heterocycles. The number of rotatable bonds is 21. The third-order valence-corrected chi connectivity index (χ3v) is 14.9. The lowest BCUT2D eigenvalue weighted by molar-refractivity contribution is -0.161. The first-order valence-corrected chi connectivity index (χ1v) is 25.4. The number of nitrogens with zero attached hydrogens (tertiary/aromatic N) is 6. The van der Waals surface area contributed by atoms with Crippen LogP contribution in [0.25, 0.3) is 0 Å². The summed E-state index contributed by atoms with van der Waals surface area (Å²) < 4.78 is 20.6. The SMILES string of the molecule is CCCCN1C(C)(C)CC(OC(=O)CCn2c(=O)n(CCC(=O)OC3CC(C)(C)N(CCCC)C(C)(C)C3)c(=O)n(CCC(=O)OC3CC(C)(C)N(CCCC)C(C)(C)C3)c2=O)CC1(C)C. The molecule has 3 aliphatic heterocycles. The van der Waals surface area contributed by atoms with Crippen molar-refractivity contribution >= 4 is 17.9 Å². The summed E-state index contributed by atoms with van der Waals surface area (Å²) in [6.07, 6.45) is 8.28. The maximum Gasteiger partial charge on any atom is 0.336 e. The van der Waals surface area contributed by atoms with Gasteiger partial charge < -0.3 is 14.2 Å². The van der Waals surface area contributed by atoms with E-state index in [-0.39, 0.29) is 90.4 Å². The Morgan fingerprint density at radius 1 is 0.394 bits per heavy atom. The highest BCUT2D eigenvalue weighted by Crippen LogP contribution is 2.42. The predicted molar refractivity (Wildman–Crippen MR) is 260 cm³/mol. The molecule has 66 heavy (non-hydrogen) atoms. The monoisotopic (exact) mass is 931 g/mol. The lowest BCUT2D eigenvalue weighted by Crippen LogP contribution is -2.62. The van der Waals surface area contributed by atoms with Crippen molar-refractivity contribution in [3.63, 3.8) is 0 Å². The van der Waals surface area contributed by atoms with Gasteiger partial charge in [-0.25, -0.2) is 28.1 Å². The van der Waals surface area contributed by atoms with Gasteiger partial charge in [0.25, 0.3) is 0 Å². The first kappa shape index (κ1) is 55.3. The molecule has 3 fully saturated rings. The number of ether oxygens (including phenoxy) is 3. The van der Waals surface area contributed by atoms with Crippen LogP contribution in [0.3, 0.4) is 0 Å². The topological polar surface area (TPSA) is 155 Å². The highest BCUT2D eigenvalue weighted by molar-refractivity contribution is 5.70. The molecule has 4 rings (SSSR count). The highest BCUT2D eigenvalue weighted by atomic mass is 16.6. The number of hydrogen-bond acceptors (Lipinski definition) is 12. The summed E-state index contributed by atoms with van der Waals surface area (Å²) in [7, 11) is 0. The van der Waals surface area contributed by atoms with Gasteiger partial charge >= 0.3 is 35.0 Å². The number of hydrogen-bond donors (Lipinski definition) is 0. The van der Waals surface area contributed by atoms with Crippen LogP contribution in [0.1, 0.15) is 200 Å². The van der Waals surface area contributed by atoms with E-state index in [1.807, 2.05) is 0 Å². The standard InChI is InChI=1S/C51H90N6O9/c1-16-19-25-55-46(4,5)31-37(32-47(55,6)7)64-40(58)22-28-52-43(61)53(29-23-41(59)65-38-33-48(8,9)56(26-20-17-2)49(10,11)34-38)45(63)54(44(52)62)30-24-42(60)66-39-35-50(12,13)57(27-21-18-3)51(14,15)36-39/h37-39H,16-36H2,1-15H3. The molecule has 0 N–H and O–H groups in total. The number of piperidine rings is 3. The molecule has 0 radical (unpaired) electrons. The Labute approximate surface area is 396 Å². The fraction of sp³-hybridized carbons (Fsp3) is 0.882. The summed E-state index contributed by atoms with van der Waals surface area (Å²) in [6.45, 7) is 34.3. The van der Waals surface area contributed by atoms with Gasteiger partial charge in [0.1, 0.15) is 18.3 Å². The molecule has 0 atom stereocenters. The van der Waals surface area contributed by atoms with Crippen LogP contribution in [0.4, 0.5) is 0 Å². The molecule has 378 valence electrons. The largest absolute Gasteiger partial charge is 0.462 e. The summed E-state index contributed by atoms with van der Waals surface area (Å²) in [6, 6.07) is 0. The third kappa shape index (κ3) is 13.7. The Kier molecular flexibility index (Phi) is 18.4. The zero-order valence-electron chi connectivity index (χ0n) is 43.9. The lowest BCUT2D eigenvalue weighted by atomic mass is 9.78. The molecular formula is C51H90N6O9. The van der Waals surface area contributed by atoms with Gasteiger partial charge in [-0.15, -0.1) is 0 Å². The van der Waals surface area contributed by atoms with E-state index in [2.05, 4.69) is 119 Å². The zero-order valence-corrected chi connectivity index (χ0v) is 43.9. The van der Waals surface area contributed by atoms with Crippen molar-refractivity contribution in [2.24, 2.45) is 0 Å². The molecule has 0 unspecified atom stereocenters. The van der Waals surface area contributed by atoms with Gasteiger partial charge in [0, 0.05) is 91.4 Å². The quantitative estimate of drug-likeness (QED) is 0.0890. The summed E-state index contributed by atoms with van der Waals surface area (Å²) in [4.78, 5) is 90.2. The fourth-order valence-corrected chi connectivity index (χ4v) is 12.3. The Bertz CT molecular complexity index is 1700. The van der Waals surface area contributed by atoms with Crippen molar-refractivity contribution in [3.05, 3.63) is 31.5 Å². The van der Waals surface area contributed by atoms with Crippen LogP contribution < -0.4 is 17.1 Å². The molecule has 0 amide bonds. The minimum absolute atomic E-state index is 0.221. The van der Waals surface area contributed by atoms with Crippen LogP contribution in [0.15, 0.2) is 14.4 Å². The molecule has 0 aliphatic carbocycles. The molecule has 0 spiro atoms. The molecule has 3 aliphatic rings. The summed E-state index contributed by atoms with van der Waals surface area (Å²) in [5.74, 6) is -1.68. The minimum Gasteiger partial charge on any atom is -0.462 e. The number of esters is 3. The maximum atomic E-state index is 14.1. The van der Waals surface area contributed by atoms with E-state index in [4.69, 9.17) is 14.2 Å².